The first-order chi connectivity index (χ1) is 16.5. The van der Waals surface area contributed by atoms with Gasteiger partial charge < -0.3 is 45.8 Å². The monoisotopic (exact) mass is 518 g/mol. The lowest BCUT2D eigenvalue weighted by Crippen LogP contribution is -2.45. The van der Waals surface area contributed by atoms with Crippen LogP contribution in [0.15, 0.2) is 18.7 Å². The topological polar surface area (TPSA) is 274 Å². The molecule has 0 bridgehead atoms. The van der Waals surface area contributed by atoms with E-state index in [0.29, 0.717) is 0 Å². The van der Waals surface area contributed by atoms with Gasteiger partial charge in [-0.15, -0.1) is 4.79 Å². The first kappa shape index (κ1) is 40.0. The van der Waals surface area contributed by atoms with Crippen molar-refractivity contribution >= 4 is 11.8 Å². The van der Waals surface area contributed by atoms with Crippen molar-refractivity contribution in [1.82, 2.24) is 0 Å². The first-order valence-electron chi connectivity index (χ1n) is 10.2. The molecule has 10 N–H and O–H groups in total. The predicted octanol–water partition coefficient (Wildman–Crippen LogP) is -3.03. The summed E-state index contributed by atoms with van der Waals surface area (Å²) in [4.78, 5) is 19.9. The molecule has 0 aliphatic carbocycles. The number of nitrogens with two attached hydrogens (primary N) is 2. The summed E-state index contributed by atoms with van der Waals surface area (Å²) < 4.78 is 9.96. The second kappa shape index (κ2) is 25.0. The minimum absolute atomic E-state index is 0.255. The van der Waals surface area contributed by atoms with Crippen LogP contribution in [0.3, 0.4) is 0 Å². The van der Waals surface area contributed by atoms with E-state index < -0.39 is 60.6 Å². The number of nitriles is 2. The molecule has 8 unspecified atom stereocenters. The van der Waals surface area contributed by atoms with Gasteiger partial charge in [-0.1, -0.05) is 6.58 Å². The Labute approximate surface area is 211 Å². The van der Waals surface area contributed by atoms with Crippen LogP contribution in [0.5, 0.6) is 0 Å². The van der Waals surface area contributed by atoms with Crippen molar-refractivity contribution in [2.45, 2.75) is 69.6 Å². The number of aliphatic hydroxyl groups is 6. The van der Waals surface area contributed by atoms with Crippen molar-refractivity contribution in [3.8, 4) is 12.1 Å². The number of hydrogen-bond donors (Lipinski definition) is 8. The molecule has 36 heavy (non-hydrogen) atoms. The molecule has 0 aromatic rings. The number of allylic oxidation sites excluding steroid dienone is 1. The van der Waals surface area contributed by atoms with Gasteiger partial charge >= 0.3 is 5.91 Å². The van der Waals surface area contributed by atoms with Gasteiger partial charge in [0.2, 0.25) is 18.1 Å². The van der Waals surface area contributed by atoms with E-state index in [-0.39, 0.29) is 13.2 Å². The van der Waals surface area contributed by atoms with E-state index in [2.05, 4.69) is 25.8 Å². The van der Waals surface area contributed by atoms with Crippen LogP contribution in [0, 0.1) is 36.2 Å². The summed E-state index contributed by atoms with van der Waals surface area (Å²) in [6.45, 7) is 14.4. The highest BCUT2D eigenvalue weighted by Gasteiger charge is 2.30. The quantitative estimate of drug-likeness (QED) is 0.0727. The number of primary amides is 2. The molecule has 0 aliphatic rings. The SMILES string of the molecule is C=CC#N.CC(O)C(OCC#N)C(O)C(C)OCC(N)=O.[CH+]=CC(N)=O.[CH2+]C(O)C(O)C(O)C(C)O. The lowest BCUT2D eigenvalue weighted by atomic mass is 10.0. The third-order valence-corrected chi connectivity index (χ3v) is 3.62. The van der Waals surface area contributed by atoms with Crippen molar-refractivity contribution in [3.63, 3.8) is 0 Å². The maximum atomic E-state index is 10.5. The summed E-state index contributed by atoms with van der Waals surface area (Å²) >= 11 is 0. The minimum Gasteiger partial charge on any atom is -0.391 e. The molecule has 0 spiro atoms. The van der Waals surface area contributed by atoms with Gasteiger partial charge in [0.25, 0.3) is 0 Å². The zero-order valence-corrected chi connectivity index (χ0v) is 20.5. The Kier molecular flexibility index (Phi) is 27.8. The summed E-state index contributed by atoms with van der Waals surface area (Å²) in [5, 5.41) is 70.1. The van der Waals surface area contributed by atoms with E-state index in [4.69, 9.17) is 46.2 Å². The Hall–Kier alpha value is -3.14. The van der Waals surface area contributed by atoms with Crippen LogP contribution in [0.25, 0.3) is 0 Å². The molecule has 14 nitrogen and oxygen atoms in total. The predicted molar refractivity (Wildman–Crippen MR) is 127 cm³/mol. The van der Waals surface area contributed by atoms with Gasteiger partial charge in [0, 0.05) is 6.08 Å². The molecule has 8 atom stereocenters. The van der Waals surface area contributed by atoms with Gasteiger partial charge in [0.1, 0.15) is 31.5 Å². The summed E-state index contributed by atoms with van der Waals surface area (Å²) in [6, 6.07) is 3.43. The number of amides is 2. The van der Waals surface area contributed by atoms with Crippen molar-refractivity contribution in [2.24, 2.45) is 11.5 Å². The first-order valence-corrected chi connectivity index (χ1v) is 10.2. The molecule has 204 valence electrons. The average Bonchev–Trinajstić information content (AvgIpc) is 2.81. The van der Waals surface area contributed by atoms with E-state index in [1.165, 1.54) is 26.8 Å². The van der Waals surface area contributed by atoms with Crippen LogP contribution in [-0.4, -0.2) is 104 Å². The number of nitrogens with zero attached hydrogens (tertiary/aromatic N) is 2. The maximum Gasteiger partial charge on any atom is 0.392 e. The van der Waals surface area contributed by atoms with Crippen LogP contribution < -0.4 is 11.5 Å². The Balaban J connectivity index is -0.000000226. The van der Waals surface area contributed by atoms with Crippen molar-refractivity contribution in [3.05, 3.63) is 32.2 Å². The number of aliphatic hydroxyl groups excluding tert-OH is 6. The smallest absolute Gasteiger partial charge is 0.391 e. The number of ether oxygens (including phenoxy) is 2. The molecule has 0 aromatic heterocycles. The third-order valence-electron chi connectivity index (χ3n) is 3.62. The molecule has 0 saturated heterocycles. The van der Waals surface area contributed by atoms with E-state index in [0.717, 1.165) is 6.08 Å². The number of carbonyl (C=O) groups excluding carboxylic acids is 2. The van der Waals surface area contributed by atoms with Crippen LogP contribution in [0.4, 0.5) is 0 Å². The Bertz CT molecular complexity index is 677. The second-order valence-electron chi connectivity index (χ2n) is 6.84. The van der Waals surface area contributed by atoms with Crippen molar-refractivity contribution in [2.75, 3.05) is 13.2 Å². The van der Waals surface area contributed by atoms with Gasteiger partial charge in [-0.05, 0) is 20.8 Å². The van der Waals surface area contributed by atoms with Crippen molar-refractivity contribution in [1.29, 1.82) is 10.5 Å². The largest absolute Gasteiger partial charge is 0.392 e. The Morgan fingerprint density at radius 3 is 1.67 bits per heavy atom. The number of rotatable bonds is 12. The molecule has 0 radical (unpaired) electrons. The van der Waals surface area contributed by atoms with Crippen LogP contribution >= 0.6 is 0 Å². The highest BCUT2D eigenvalue weighted by atomic mass is 16.5. The van der Waals surface area contributed by atoms with Crippen molar-refractivity contribution < 1.29 is 49.7 Å². The molecule has 0 saturated carbocycles. The Morgan fingerprint density at radius 2 is 1.44 bits per heavy atom. The molecular formula is C22H38N4O10+2. The van der Waals surface area contributed by atoms with Gasteiger partial charge in [0.05, 0.1) is 44.0 Å². The molecule has 0 aromatic carbocycles. The van der Waals surface area contributed by atoms with Crippen LogP contribution in [0.1, 0.15) is 20.8 Å². The van der Waals surface area contributed by atoms with Gasteiger partial charge in [-0.25, -0.2) is 0 Å². The average molecular weight is 519 g/mol. The zero-order valence-electron chi connectivity index (χ0n) is 20.5. The lowest BCUT2D eigenvalue weighted by molar-refractivity contribution is -0.143. The fourth-order valence-electron chi connectivity index (χ4n) is 1.75. The highest BCUT2D eigenvalue weighted by Crippen LogP contribution is 2.11. The standard InChI is InChI=1S/C10H18N2O5.C6H13O4.C3H3NO.C3H3N/c1-6(13)10(16-4-3-11)9(15)7(2)17-5-8(12)14;1-3(7)5(9)6(10)4(2)8;1-2-3(4)5;1-2-3-4/h6-7,9-10,13,15H,4-5H2,1-2H3,(H2,12,14);3-10H,1H2,2H3;1-2H,(H-,4,5);2H,1H2/q;+1;;/p+1. The van der Waals surface area contributed by atoms with E-state index >= 15 is 0 Å². The molecule has 0 rings (SSSR count). The third kappa shape index (κ3) is 25.5. The number of hydrogen-bond acceptors (Lipinski definition) is 12. The zero-order chi connectivity index (χ0) is 29.4. The van der Waals surface area contributed by atoms with E-state index in [9.17, 15) is 19.8 Å². The van der Waals surface area contributed by atoms with Gasteiger partial charge in [-0.2, -0.15) is 10.5 Å². The minimum atomic E-state index is -1.39. The second-order valence-corrected chi connectivity index (χ2v) is 6.84. The fraction of sp³-hybridized carbons (Fsp3) is 0.591. The molecular weight excluding hydrogens is 480 g/mol. The normalized spacial score (nSPS) is 16.2. The summed E-state index contributed by atoms with van der Waals surface area (Å²) in [7, 11) is 0. The molecule has 14 heteroatoms. The summed E-state index contributed by atoms with van der Waals surface area (Å²) in [5.74, 6) is -1.25. The van der Waals surface area contributed by atoms with Crippen LogP contribution in [-0.2, 0) is 19.1 Å². The highest BCUT2D eigenvalue weighted by molar-refractivity contribution is 5.84. The molecule has 2 amide bonds. The van der Waals surface area contributed by atoms with Gasteiger partial charge in [0.15, 0.2) is 6.10 Å². The number of carbonyl (C=O) groups is 2. The van der Waals surface area contributed by atoms with E-state index in [1.807, 2.05) is 0 Å². The molecule has 0 aliphatic heterocycles. The molecule has 0 heterocycles. The van der Waals surface area contributed by atoms with Crippen LogP contribution in [0.2, 0.25) is 0 Å². The lowest BCUT2D eigenvalue weighted by Gasteiger charge is -2.28. The summed E-state index contributed by atoms with van der Waals surface area (Å²) in [6.07, 6.45) is -6.93. The summed E-state index contributed by atoms with van der Waals surface area (Å²) in [5.41, 5.74) is 9.36. The van der Waals surface area contributed by atoms with Gasteiger partial charge in [-0.3, -0.25) is 10.5 Å². The molecule has 0 fully saturated rings. The fourth-order valence-corrected chi connectivity index (χ4v) is 1.75. The maximum absolute atomic E-state index is 10.5. The van der Waals surface area contributed by atoms with E-state index in [1.54, 1.807) is 12.1 Å². The Morgan fingerprint density at radius 1 is 1.00 bits per heavy atom.